The van der Waals surface area contributed by atoms with Crippen LogP contribution in [0.25, 0.3) is 0 Å². The quantitative estimate of drug-likeness (QED) is 0.670. The molecule has 3 rings (SSSR count). The average Bonchev–Trinajstić information content (AvgIpc) is 2.74. The summed E-state index contributed by atoms with van der Waals surface area (Å²) in [6.45, 7) is 5.11. The number of aryl methyl sites for hydroxylation is 1. The monoisotopic (exact) mass is 416 g/mol. The van der Waals surface area contributed by atoms with Gasteiger partial charge in [0.15, 0.2) is 6.54 Å². The van der Waals surface area contributed by atoms with E-state index in [0.29, 0.717) is 44.2 Å². The van der Waals surface area contributed by atoms with Crippen LogP contribution in [0.2, 0.25) is 0 Å². The molecule has 0 unspecified atom stereocenters. The number of hydrogen-bond acceptors (Lipinski definition) is 3. The van der Waals surface area contributed by atoms with Gasteiger partial charge in [0, 0.05) is 6.54 Å². The maximum absolute atomic E-state index is 12.9. The molecule has 156 valence electrons. The van der Waals surface area contributed by atoms with Crippen molar-refractivity contribution in [1.82, 2.24) is 9.62 Å². The zero-order valence-corrected chi connectivity index (χ0v) is 17.7. The Morgan fingerprint density at radius 1 is 1.00 bits per heavy atom. The minimum atomic E-state index is -3.47. The number of hydrogen-bond donors (Lipinski definition) is 2. The van der Waals surface area contributed by atoms with Gasteiger partial charge in [-0.25, -0.2) is 8.42 Å². The predicted octanol–water partition coefficient (Wildman–Crippen LogP) is 0.845. The molecule has 29 heavy (non-hydrogen) atoms. The number of amides is 1. The summed E-state index contributed by atoms with van der Waals surface area (Å²) in [5, 5.41) is 2.94. The van der Waals surface area contributed by atoms with Crippen molar-refractivity contribution in [2.75, 3.05) is 32.7 Å². The molecule has 0 saturated carbocycles. The molecule has 0 aliphatic carbocycles. The first kappa shape index (κ1) is 21.5. The predicted molar refractivity (Wildman–Crippen MR) is 113 cm³/mol. The lowest BCUT2D eigenvalue weighted by atomic mass is 10.1. The Morgan fingerprint density at radius 2 is 1.66 bits per heavy atom. The first-order valence-corrected chi connectivity index (χ1v) is 11.7. The van der Waals surface area contributed by atoms with Crippen molar-refractivity contribution in [3.8, 4) is 0 Å². The maximum atomic E-state index is 12.9. The number of nitrogens with zero attached hydrogens (tertiary/aromatic N) is 1. The fourth-order valence-corrected chi connectivity index (χ4v) is 5.01. The van der Waals surface area contributed by atoms with Gasteiger partial charge in [-0.1, -0.05) is 55.8 Å². The van der Waals surface area contributed by atoms with Crippen LogP contribution in [-0.2, 0) is 27.8 Å². The van der Waals surface area contributed by atoms with Gasteiger partial charge in [-0.15, -0.1) is 0 Å². The van der Waals surface area contributed by atoms with Gasteiger partial charge in [0.25, 0.3) is 5.91 Å². The molecule has 7 heteroatoms. The average molecular weight is 417 g/mol. The highest BCUT2D eigenvalue weighted by atomic mass is 32.2. The van der Waals surface area contributed by atoms with Crippen molar-refractivity contribution >= 4 is 15.9 Å². The smallest absolute Gasteiger partial charge is 0.275 e. The normalized spacial score (nSPS) is 15.9. The van der Waals surface area contributed by atoms with E-state index in [1.807, 2.05) is 42.5 Å². The van der Waals surface area contributed by atoms with Gasteiger partial charge in [0.1, 0.15) is 0 Å². The third-order valence-electron chi connectivity index (χ3n) is 5.27. The van der Waals surface area contributed by atoms with Crippen LogP contribution >= 0.6 is 0 Å². The van der Waals surface area contributed by atoms with Gasteiger partial charge < -0.3 is 10.2 Å². The van der Waals surface area contributed by atoms with Gasteiger partial charge in [0.2, 0.25) is 10.0 Å². The fourth-order valence-electron chi connectivity index (χ4n) is 3.57. The number of nitrogens with one attached hydrogen (secondary N) is 2. The summed E-state index contributed by atoms with van der Waals surface area (Å²) in [4.78, 5) is 13.7. The molecule has 0 bridgehead atoms. The molecule has 0 radical (unpaired) electrons. The minimum absolute atomic E-state index is 0.00771. The van der Waals surface area contributed by atoms with E-state index in [0.717, 1.165) is 28.9 Å². The Hall–Kier alpha value is -2.22. The lowest BCUT2D eigenvalue weighted by molar-refractivity contribution is -0.895. The van der Waals surface area contributed by atoms with Gasteiger partial charge in [0.05, 0.1) is 31.1 Å². The number of rotatable bonds is 8. The molecule has 0 spiro atoms. The van der Waals surface area contributed by atoms with Gasteiger partial charge in [-0.3, -0.25) is 4.79 Å². The number of quaternary nitrogens is 1. The van der Waals surface area contributed by atoms with Gasteiger partial charge in [-0.05, 0) is 29.7 Å². The summed E-state index contributed by atoms with van der Waals surface area (Å²) in [5.41, 5.74) is 2.22. The largest absolute Gasteiger partial charge is 0.347 e. The molecule has 1 amide bonds. The van der Waals surface area contributed by atoms with Crippen LogP contribution in [0, 0.1) is 0 Å². The second kappa shape index (κ2) is 10.0. The first-order valence-electron chi connectivity index (χ1n) is 10.2. The Labute approximate surface area is 173 Å². The molecule has 1 heterocycles. The Balaban J connectivity index is 1.48. The minimum Gasteiger partial charge on any atom is -0.347 e. The molecule has 6 nitrogen and oxygen atoms in total. The van der Waals surface area contributed by atoms with E-state index in [4.69, 9.17) is 0 Å². The zero-order valence-electron chi connectivity index (χ0n) is 16.9. The van der Waals surface area contributed by atoms with E-state index >= 15 is 0 Å². The van der Waals surface area contributed by atoms with Crippen molar-refractivity contribution in [1.29, 1.82) is 0 Å². The number of carbonyl (C=O) groups is 1. The molecule has 1 fully saturated rings. The Morgan fingerprint density at radius 3 is 2.28 bits per heavy atom. The number of piperazine rings is 1. The second-order valence-electron chi connectivity index (χ2n) is 7.49. The van der Waals surface area contributed by atoms with Crippen LogP contribution < -0.4 is 10.2 Å². The highest BCUT2D eigenvalue weighted by Crippen LogP contribution is 2.17. The van der Waals surface area contributed by atoms with Crippen LogP contribution in [0.15, 0.2) is 59.5 Å². The van der Waals surface area contributed by atoms with E-state index in [1.165, 1.54) is 4.31 Å². The van der Waals surface area contributed by atoms with Crippen LogP contribution in [0.4, 0.5) is 0 Å². The summed E-state index contributed by atoms with van der Waals surface area (Å²) in [7, 11) is -3.47. The maximum Gasteiger partial charge on any atom is 0.275 e. The summed E-state index contributed by atoms with van der Waals surface area (Å²) < 4.78 is 27.3. The fraction of sp³-hybridized carbons (Fsp3) is 0.409. The third-order valence-corrected chi connectivity index (χ3v) is 7.19. The summed E-state index contributed by atoms with van der Waals surface area (Å²) in [5.74, 6) is -0.00771. The van der Waals surface area contributed by atoms with Gasteiger partial charge >= 0.3 is 0 Å². The molecular weight excluding hydrogens is 386 g/mol. The van der Waals surface area contributed by atoms with Gasteiger partial charge in [-0.2, -0.15) is 4.31 Å². The Bertz CT molecular complexity index is 891. The van der Waals surface area contributed by atoms with Crippen LogP contribution in [0.1, 0.15) is 24.5 Å². The van der Waals surface area contributed by atoms with E-state index in [-0.39, 0.29) is 5.91 Å². The van der Waals surface area contributed by atoms with Crippen molar-refractivity contribution in [3.05, 3.63) is 65.7 Å². The third kappa shape index (κ3) is 5.88. The molecule has 1 saturated heterocycles. The molecule has 0 aromatic heterocycles. The van der Waals surface area contributed by atoms with E-state index < -0.39 is 10.0 Å². The second-order valence-corrected chi connectivity index (χ2v) is 9.43. The lowest BCUT2D eigenvalue weighted by Crippen LogP contribution is -3.15. The SMILES string of the molecule is CCCc1ccc(S(=O)(=O)N2CC[NH+](CC(=O)NCc3ccccc3)CC2)cc1. The van der Waals surface area contributed by atoms with E-state index in [9.17, 15) is 13.2 Å². The van der Waals surface area contributed by atoms with Crippen molar-refractivity contribution < 1.29 is 18.1 Å². The molecule has 2 aromatic rings. The summed E-state index contributed by atoms with van der Waals surface area (Å²) >= 11 is 0. The van der Waals surface area contributed by atoms with E-state index in [2.05, 4.69) is 12.2 Å². The molecule has 0 atom stereocenters. The Kier molecular flexibility index (Phi) is 7.41. The topological polar surface area (TPSA) is 70.9 Å². The number of benzene rings is 2. The molecular formula is C22H30N3O3S+. The van der Waals surface area contributed by atoms with Crippen molar-refractivity contribution in [2.24, 2.45) is 0 Å². The number of carbonyl (C=O) groups excluding carboxylic acids is 1. The summed E-state index contributed by atoms with van der Waals surface area (Å²) in [6.07, 6.45) is 1.99. The highest BCUT2D eigenvalue weighted by molar-refractivity contribution is 7.89. The summed E-state index contributed by atoms with van der Waals surface area (Å²) in [6, 6.07) is 17.0. The van der Waals surface area contributed by atoms with Crippen molar-refractivity contribution in [2.45, 2.75) is 31.2 Å². The van der Waals surface area contributed by atoms with Crippen LogP contribution in [0.5, 0.6) is 0 Å². The highest BCUT2D eigenvalue weighted by Gasteiger charge is 2.31. The zero-order chi connectivity index (χ0) is 20.7. The molecule has 2 aromatic carbocycles. The van der Waals surface area contributed by atoms with E-state index in [1.54, 1.807) is 12.1 Å². The molecule has 2 N–H and O–H groups in total. The van der Waals surface area contributed by atoms with Crippen LogP contribution in [0.3, 0.4) is 0 Å². The molecule has 1 aliphatic rings. The van der Waals surface area contributed by atoms with Crippen LogP contribution in [-0.4, -0.2) is 51.4 Å². The first-order chi connectivity index (χ1) is 14.0. The number of sulfonamides is 1. The molecule has 1 aliphatic heterocycles. The van der Waals surface area contributed by atoms with Crippen molar-refractivity contribution in [3.63, 3.8) is 0 Å². The lowest BCUT2D eigenvalue weighted by Gasteiger charge is -2.31. The standard InChI is InChI=1S/C22H29N3O3S/c1-2-6-19-9-11-21(12-10-19)29(27,28)25-15-13-24(14-16-25)18-22(26)23-17-20-7-4-3-5-8-20/h3-5,7-12H,2,6,13-18H2,1H3,(H,23,26)/p+1.